The van der Waals surface area contributed by atoms with Crippen LogP contribution in [-0.4, -0.2) is 14.2 Å². The standard InChI is InChI=1S/C15H23NO2/c1-4-11-12(17-2)7-8-13(18-3)14(11)15(16)9-5-6-10-15/h7-8H,4-6,9-10,16H2,1-3H3. The molecular formula is C15H23NO2. The molecule has 3 heteroatoms. The van der Waals surface area contributed by atoms with E-state index in [1.807, 2.05) is 12.1 Å². The predicted molar refractivity (Wildman–Crippen MR) is 73.3 cm³/mol. The Bertz CT molecular complexity index is 423. The molecular weight excluding hydrogens is 226 g/mol. The van der Waals surface area contributed by atoms with Gasteiger partial charge in [0, 0.05) is 16.7 Å². The molecule has 1 fully saturated rings. The fourth-order valence-corrected chi connectivity index (χ4v) is 3.12. The molecule has 0 heterocycles. The second-order valence-electron chi connectivity index (χ2n) is 5.04. The minimum absolute atomic E-state index is 0.245. The maximum absolute atomic E-state index is 6.62. The zero-order valence-corrected chi connectivity index (χ0v) is 11.6. The minimum Gasteiger partial charge on any atom is -0.496 e. The van der Waals surface area contributed by atoms with Crippen molar-refractivity contribution in [2.24, 2.45) is 5.73 Å². The van der Waals surface area contributed by atoms with Gasteiger partial charge in [0.15, 0.2) is 0 Å². The molecule has 3 nitrogen and oxygen atoms in total. The van der Waals surface area contributed by atoms with Crippen LogP contribution in [0.2, 0.25) is 0 Å². The summed E-state index contributed by atoms with van der Waals surface area (Å²) in [7, 11) is 3.42. The van der Waals surface area contributed by atoms with E-state index < -0.39 is 0 Å². The van der Waals surface area contributed by atoms with Gasteiger partial charge >= 0.3 is 0 Å². The molecule has 0 bridgehead atoms. The molecule has 1 saturated carbocycles. The van der Waals surface area contributed by atoms with Crippen molar-refractivity contribution >= 4 is 0 Å². The number of hydrogen-bond acceptors (Lipinski definition) is 3. The number of methoxy groups -OCH3 is 2. The Morgan fingerprint density at radius 3 is 2.17 bits per heavy atom. The molecule has 0 atom stereocenters. The third-order valence-corrected chi connectivity index (χ3v) is 4.02. The van der Waals surface area contributed by atoms with Crippen LogP contribution in [-0.2, 0) is 12.0 Å². The molecule has 0 aliphatic heterocycles. The van der Waals surface area contributed by atoms with E-state index in [2.05, 4.69) is 6.92 Å². The van der Waals surface area contributed by atoms with Crippen LogP contribution in [0.1, 0.15) is 43.7 Å². The number of nitrogens with two attached hydrogens (primary N) is 1. The van der Waals surface area contributed by atoms with Crippen LogP contribution in [0, 0.1) is 0 Å². The van der Waals surface area contributed by atoms with Crippen LogP contribution >= 0.6 is 0 Å². The smallest absolute Gasteiger partial charge is 0.124 e. The molecule has 0 unspecified atom stereocenters. The van der Waals surface area contributed by atoms with Gasteiger partial charge in [0.05, 0.1) is 14.2 Å². The first-order valence-corrected chi connectivity index (χ1v) is 6.69. The lowest BCUT2D eigenvalue weighted by atomic mass is 9.84. The lowest BCUT2D eigenvalue weighted by Crippen LogP contribution is -2.35. The molecule has 1 aliphatic carbocycles. The van der Waals surface area contributed by atoms with Gasteiger partial charge in [-0.3, -0.25) is 0 Å². The fourth-order valence-electron chi connectivity index (χ4n) is 3.12. The van der Waals surface area contributed by atoms with E-state index in [1.54, 1.807) is 14.2 Å². The molecule has 2 rings (SSSR count). The van der Waals surface area contributed by atoms with Gasteiger partial charge in [-0.05, 0) is 31.4 Å². The fraction of sp³-hybridized carbons (Fsp3) is 0.600. The topological polar surface area (TPSA) is 44.5 Å². The van der Waals surface area contributed by atoms with Gasteiger partial charge in [0.2, 0.25) is 0 Å². The highest BCUT2D eigenvalue weighted by molar-refractivity contribution is 5.52. The molecule has 1 aromatic carbocycles. The Morgan fingerprint density at radius 1 is 1.11 bits per heavy atom. The molecule has 0 radical (unpaired) electrons. The summed E-state index contributed by atoms with van der Waals surface area (Å²) in [5.74, 6) is 1.82. The van der Waals surface area contributed by atoms with E-state index in [0.29, 0.717) is 0 Å². The van der Waals surface area contributed by atoms with Gasteiger partial charge in [-0.2, -0.15) is 0 Å². The monoisotopic (exact) mass is 249 g/mol. The van der Waals surface area contributed by atoms with Gasteiger partial charge in [0.1, 0.15) is 11.5 Å². The number of benzene rings is 1. The van der Waals surface area contributed by atoms with E-state index in [4.69, 9.17) is 15.2 Å². The number of hydrogen-bond donors (Lipinski definition) is 1. The summed E-state index contributed by atoms with van der Waals surface area (Å²) in [6.45, 7) is 2.14. The molecule has 100 valence electrons. The first-order valence-electron chi connectivity index (χ1n) is 6.69. The molecule has 0 saturated heterocycles. The second-order valence-corrected chi connectivity index (χ2v) is 5.04. The van der Waals surface area contributed by atoms with Gasteiger partial charge in [0.25, 0.3) is 0 Å². The van der Waals surface area contributed by atoms with Gasteiger partial charge < -0.3 is 15.2 Å². The van der Waals surface area contributed by atoms with Crippen LogP contribution < -0.4 is 15.2 Å². The summed E-state index contributed by atoms with van der Waals surface area (Å²) in [5, 5.41) is 0. The highest BCUT2D eigenvalue weighted by atomic mass is 16.5. The zero-order valence-electron chi connectivity index (χ0n) is 11.6. The van der Waals surface area contributed by atoms with E-state index in [-0.39, 0.29) is 5.54 Å². The van der Waals surface area contributed by atoms with Crippen molar-refractivity contribution < 1.29 is 9.47 Å². The largest absolute Gasteiger partial charge is 0.496 e. The third-order valence-electron chi connectivity index (χ3n) is 4.02. The van der Waals surface area contributed by atoms with Crippen molar-refractivity contribution in [3.8, 4) is 11.5 Å². The van der Waals surface area contributed by atoms with Crippen molar-refractivity contribution in [1.82, 2.24) is 0 Å². The van der Waals surface area contributed by atoms with Crippen LogP contribution in [0.4, 0.5) is 0 Å². The van der Waals surface area contributed by atoms with Gasteiger partial charge in [-0.15, -0.1) is 0 Å². The maximum atomic E-state index is 6.62. The summed E-state index contributed by atoms with van der Waals surface area (Å²) in [5.41, 5.74) is 8.73. The van der Waals surface area contributed by atoms with Gasteiger partial charge in [-0.1, -0.05) is 19.8 Å². The van der Waals surface area contributed by atoms with Crippen LogP contribution in [0.3, 0.4) is 0 Å². The van der Waals surface area contributed by atoms with E-state index in [0.717, 1.165) is 36.3 Å². The molecule has 18 heavy (non-hydrogen) atoms. The Kier molecular flexibility index (Phi) is 3.81. The van der Waals surface area contributed by atoms with E-state index in [9.17, 15) is 0 Å². The van der Waals surface area contributed by atoms with Crippen molar-refractivity contribution in [1.29, 1.82) is 0 Å². The summed E-state index contributed by atoms with van der Waals surface area (Å²) in [6, 6.07) is 3.94. The highest BCUT2D eigenvalue weighted by Gasteiger charge is 2.36. The molecule has 2 N–H and O–H groups in total. The Hall–Kier alpha value is -1.22. The third kappa shape index (κ3) is 2.07. The summed E-state index contributed by atoms with van der Waals surface area (Å²) >= 11 is 0. The SMILES string of the molecule is CCc1c(OC)ccc(OC)c1C1(N)CCCC1. The molecule has 1 aromatic rings. The van der Waals surface area contributed by atoms with Crippen LogP contribution in [0.5, 0.6) is 11.5 Å². The first-order chi connectivity index (χ1) is 8.66. The first kappa shape index (κ1) is 13.2. The average Bonchev–Trinajstić information content (AvgIpc) is 2.84. The average molecular weight is 249 g/mol. The van der Waals surface area contributed by atoms with Crippen LogP contribution in [0.25, 0.3) is 0 Å². The number of ether oxygens (including phenoxy) is 2. The summed E-state index contributed by atoms with van der Waals surface area (Å²) in [4.78, 5) is 0. The maximum Gasteiger partial charge on any atom is 0.124 e. The van der Waals surface area contributed by atoms with Crippen LogP contribution in [0.15, 0.2) is 12.1 Å². The van der Waals surface area contributed by atoms with Gasteiger partial charge in [-0.25, -0.2) is 0 Å². The van der Waals surface area contributed by atoms with Crippen molar-refractivity contribution in [3.05, 3.63) is 23.3 Å². The van der Waals surface area contributed by atoms with E-state index >= 15 is 0 Å². The van der Waals surface area contributed by atoms with Crippen molar-refractivity contribution in [2.45, 2.75) is 44.6 Å². The number of rotatable bonds is 4. The quantitative estimate of drug-likeness (QED) is 0.892. The second kappa shape index (κ2) is 5.19. The Morgan fingerprint density at radius 2 is 1.67 bits per heavy atom. The summed E-state index contributed by atoms with van der Waals surface area (Å²) in [6.07, 6.45) is 5.36. The van der Waals surface area contributed by atoms with Crippen molar-refractivity contribution in [2.75, 3.05) is 14.2 Å². The van der Waals surface area contributed by atoms with E-state index in [1.165, 1.54) is 18.4 Å². The normalized spacial score (nSPS) is 17.8. The summed E-state index contributed by atoms with van der Waals surface area (Å²) < 4.78 is 11.0. The van der Waals surface area contributed by atoms with Crippen molar-refractivity contribution in [3.63, 3.8) is 0 Å². The molecule has 0 aromatic heterocycles. The lowest BCUT2D eigenvalue weighted by Gasteiger charge is -2.29. The predicted octanol–water partition coefficient (Wildman–Crippen LogP) is 2.99. The molecule has 1 aliphatic rings. The Labute approximate surface area is 109 Å². The Balaban J connectivity index is 2.60. The zero-order chi connectivity index (χ0) is 13.2. The molecule has 0 spiro atoms. The highest BCUT2D eigenvalue weighted by Crippen LogP contribution is 2.44. The minimum atomic E-state index is -0.245. The molecule has 0 amide bonds. The lowest BCUT2D eigenvalue weighted by molar-refractivity contribution is 0.367.